The Morgan fingerprint density at radius 1 is 0.810 bits per heavy atom. The first-order chi connectivity index (χ1) is 10.3. The van der Waals surface area contributed by atoms with Crippen LogP contribution in [0.4, 0.5) is 5.69 Å². The Morgan fingerprint density at radius 3 is 2.33 bits per heavy atom. The van der Waals surface area contributed by atoms with Crippen LogP contribution in [0, 0.1) is 0 Å². The molecule has 0 saturated carbocycles. The summed E-state index contributed by atoms with van der Waals surface area (Å²) >= 11 is 0. The molecule has 2 N–H and O–H groups in total. The molecule has 1 nitrogen and oxygen atoms in total. The van der Waals surface area contributed by atoms with Gasteiger partial charge < -0.3 is 5.73 Å². The predicted octanol–water partition coefficient (Wildman–Crippen LogP) is 5.70. The molecule has 0 aliphatic carbocycles. The molecule has 0 saturated heterocycles. The highest BCUT2D eigenvalue weighted by molar-refractivity contribution is 6.04. The van der Waals surface area contributed by atoms with Crippen LogP contribution in [0.2, 0.25) is 0 Å². The summed E-state index contributed by atoms with van der Waals surface area (Å²) in [4.78, 5) is 0. The lowest BCUT2D eigenvalue weighted by Gasteiger charge is -2.09. The molecule has 0 atom stereocenters. The van der Waals surface area contributed by atoms with Crippen molar-refractivity contribution in [3.8, 4) is 0 Å². The third kappa shape index (κ3) is 2.87. The number of anilines is 1. The van der Waals surface area contributed by atoms with E-state index in [1.807, 2.05) is 12.1 Å². The first-order valence-electron chi connectivity index (χ1n) is 7.99. The lowest BCUT2D eigenvalue weighted by molar-refractivity contribution is 0.668. The van der Waals surface area contributed by atoms with Gasteiger partial charge in [0.25, 0.3) is 0 Å². The topological polar surface area (TPSA) is 26.0 Å². The summed E-state index contributed by atoms with van der Waals surface area (Å²) in [5.41, 5.74) is 8.43. The summed E-state index contributed by atoms with van der Waals surface area (Å²) in [6.45, 7) is 2.26. The van der Waals surface area contributed by atoms with E-state index >= 15 is 0 Å². The molecule has 0 aromatic heterocycles. The molecule has 3 aromatic rings. The Morgan fingerprint density at radius 2 is 1.52 bits per heavy atom. The number of fused-ring (bicyclic) bond motifs is 2. The molecule has 0 aliphatic rings. The zero-order chi connectivity index (χ0) is 14.7. The van der Waals surface area contributed by atoms with Crippen molar-refractivity contribution < 1.29 is 0 Å². The Kier molecular flexibility index (Phi) is 4.10. The Balaban J connectivity index is 2.02. The lowest BCUT2D eigenvalue weighted by Crippen LogP contribution is -1.90. The highest BCUT2D eigenvalue weighted by atomic mass is 14.5. The molecule has 0 unspecified atom stereocenters. The van der Waals surface area contributed by atoms with Gasteiger partial charge >= 0.3 is 0 Å². The Labute approximate surface area is 126 Å². The first-order valence-corrected chi connectivity index (χ1v) is 7.99. The summed E-state index contributed by atoms with van der Waals surface area (Å²) in [6, 6.07) is 17.3. The summed E-state index contributed by atoms with van der Waals surface area (Å²) in [5, 5.41) is 5.08. The molecule has 21 heavy (non-hydrogen) atoms. The van der Waals surface area contributed by atoms with E-state index in [2.05, 4.69) is 43.3 Å². The number of unbranched alkanes of at least 4 members (excludes halogenated alkanes) is 3. The van der Waals surface area contributed by atoms with Crippen molar-refractivity contribution in [1.29, 1.82) is 0 Å². The first kappa shape index (κ1) is 13.9. The van der Waals surface area contributed by atoms with Crippen LogP contribution in [0.5, 0.6) is 0 Å². The number of benzene rings is 3. The number of aryl methyl sites for hydroxylation is 1. The van der Waals surface area contributed by atoms with Gasteiger partial charge in [-0.2, -0.15) is 0 Å². The molecule has 1 heteroatoms. The SMILES string of the molecule is CCCCCCc1cccc2cc3c(N)cccc3cc12. The number of hydrogen-bond donors (Lipinski definition) is 1. The van der Waals surface area contributed by atoms with Crippen molar-refractivity contribution in [2.24, 2.45) is 0 Å². The van der Waals surface area contributed by atoms with E-state index in [1.54, 1.807) is 0 Å². The van der Waals surface area contributed by atoms with E-state index in [9.17, 15) is 0 Å². The molecule has 0 bridgehead atoms. The smallest absolute Gasteiger partial charge is 0.0393 e. The minimum atomic E-state index is 0.864. The molecule has 108 valence electrons. The summed E-state index contributed by atoms with van der Waals surface area (Å²) < 4.78 is 0. The van der Waals surface area contributed by atoms with Crippen molar-refractivity contribution in [2.45, 2.75) is 39.0 Å². The highest BCUT2D eigenvalue weighted by Crippen LogP contribution is 2.29. The Bertz CT molecular complexity index is 758. The van der Waals surface area contributed by atoms with Crippen molar-refractivity contribution in [3.63, 3.8) is 0 Å². The van der Waals surface area contributed by atoms with E-state index in [4.69, 9.17) is 5.73 Å². The van der Waals surface area contributed by atoms with E-state index in [0.29, 0.717) is 0 Å². The number of hydrogen-bond acceptors (Lipinski definition) is 1. The second kappa shape index (κ2) is 6.17. The largest absolute Gasteiger partial charge is 0.398 e. The molecular weight excluding hydrogens is 254 g/mol. The van der Waals surface area contributed by atoms with Gasteiger partial charge in [-0.3, -0.25) is 0 Å². The van der Waals surface area contributed by atoms with E-state index < -0.39 is 0 Å². The zero-order valence-electron chi connectivity index (χ0n) is 12.7. The van der Waals surface area contributed by atoms with Crippen molar-refractivity contribution in [3.05, 3.63) is 54.1 Å². The molecular formula is C20H23N. The molecule has 0 aliphatic heterocycles. The molecule has 0 spiro atoms. The minimum absolute atomic E-state index is 0.864. The van der Waals surface area contributed by atoms with Gasteiger partial charge in [0, 0.05) is 11.1 Å². The number of rotatable bonds is 5. The quantitative estimate of drug-likeness (QED) is 0.361. The Hall–Kier alpha value is -2.02. The second-order valence-electron chi connectivity index (χ2n) is 5.87. The van der Waals surface area contributed by atoms with Crippen molar-refractivity contribution in [2.75, 3.05) is 5.73 Å². The van der Waals surface area contributed by atoms with Gasteiger partial charge in [-0.15, -0.1) is 0 Å². The van der Waals surface area contributed by atoms with Gasteiger partial charge in [-0.1, -0.05) is 56.5 Å². The van der Waals surface area contributed by atoms with Gasteiger partial charge in [-0.05, 0) is 52.8 Å². The maximum absolute atomic E-state index is 6.10. The van der Waals surface area contributed by atoms with Crippen molar-refractivity contribution in [1.82, 2.24) is 0 Å². The van der Waals surface area contributed by atoms with E-state index in [-0.39, 0.29) is 0 Å². The standard InChI is InChI=1S/C20H23N/c1-2-3-4-5-8-15-9-6-10-16-14-19-17(13-18(15)16)11-7-12-20(19)21/h6-7,9-14H,2-5,8,21H2,1H3. The fourth-order valence-corrected chi connectivity index (χ4v) is 3.10. The summed E-state index contributed by atoms with van der Waals surface area (Å²) in [7, 11) is 0. The minimum Gasteiger partial charge on any atom is -0.398 e. The van der Waals surface area contributed by atoms with Gasteiger partial charge in [0.1, 0.15) is 0 Å². The number of nitrogen functional groups attached to an aromatic ring is 1. The van der Waals surface area contributed by atoms with Crippen LogP contribution in [0.15, 0.2) is 48.5 Å². The fraction of sp³-hybridized carbons (Fsp3) is 0.300. The molecule has 0 amide bonds. The molecule has 0 heterocycles. The third-order valence-corrected chi connectivity index (χ3v) is 4.30. The predicted molar refractivity (Wildman–Crippen MR) is 93.7 cm³/mol. The van der Waals surface area contributed by atoms with Gasteiger partial charge in [0.15, 0.2) is 0 Å². The monoisotopic (exact) mass is 277 g/mol. The van der Waals surface area contributed by atoms with Crippen LogP contribution < -0.4 is 5.73 Å². The molecule has 0 fully saturated rings. The number of nitrogens with two attached hydrogens (primary N) is 1. The van der Waals surface area contributed by atoms with Gasteiger partial charge in [0.05, 0.1) is 0 Å². The fourth-order valence-electron chi connectivity index (χ4n) is 3.10. The van der Waals surface area contributed by atoms with Crippen LogP contribution >= 0.6 is 0 Å². The highest BCUT2D eigenvalue weighted by Gasteiger charge is 2.05. The van der Waals surface area contributed by atoms with E-state index in [0.717, 1.165) is 11.1 Å². The van der Waals surface area contributed by atoms with Gasteiger partial charge in [0.2, 0.25) is 0 Å². The maximum Gasteiger partial charge on any atom is 0.0393 e. The van der Waals surface area contributed by atoms with E-state index in [1.165, 1.54) is 53.8 Å². The van der Waals surface area contributed by atoms with Crippen LogP contribution in [-0.4, -0.2) is 0 Å². The maximum atomic E-state index is 6.10. The van der Waals surface area contributed by atoms with Crippen LogP contribution in [0.25, 0.3) is 21.5 Å². The van der Waals surface area contributed by atoms with Crippen molar-refractivity contribution >= 4 is 27.2 Å². The molecule has 3 rings (SSSR count). The lowest BCUT2D eigenvalue weighted by atomic mass is 9.96. The van der Waals surface area contributed by atoms with Crippen LogP contribution in [0.3, 0.4) is 0 Å². The molecule has 0 radical (unpaired) electrons. The zero-order valence-corrected chi connectivity index (χ0v) is 12.7. The molecule has 3 aromatic carbocycles. The average molecular weight is 277 g/mol. The normalized spacial score (nSPS) is 11.3. The van der Waals surface area contributed by atoms with Crippen LogP contribution in [-0.2, 0) is 6.42 Å². The average Bonchev–Trinajstić information content (AvgIpc) is 2.51. The second-order valence-corrected chi connectivity index (χ2v) is 5.87. The summed E-state index contributed by atoms with van der Waals surface area (Å²) in [5.74, 6) is 0. The third-order valence-electron chi connectivity index (χ3n) is 4.30. The van der Waals surface area contributed by atoms with Gasteiger partial charge in [-0.25, -0.2) is 0 Å². The van der Waals surface area contributed by atoms with Crippen LogP contribution in [0.1, 0.15) is 38.2 Å². The summed E-state index contributed by atoms with van der Waals surface area (Å²) in [6.07, 6.45) is 6.41.